The number of oxazole rings is 1. The number of hydrogen-bond acceptors (Lipinski definition) is 7. The average Bonchev–Trinajstić information content (AvgIpc) is 3.37. The van der Waals surface area contributed by atoms with Crippen molar-refractivity contribution < 1.29 is 54.9 Å². The van der Waals surface area contributed by atoms with E-state index in [1.54, 1.807) is 7.11 Å². The third-order valence-electron chi connectivity index (χ3n) is 4.22. The molecule has 15 heteroatoms. The fourth-order valence-corrected chi connectivity index (χ4v) is 2.86. The minimum Gasteiger partial charge on any atom is -0.475 e. The standard InChI is InChI=1S/C17H18F3N3O4.C2HF3O2/c1-25-9-12-6-11(7-21-12)23-15(24)16-22-8-14(26-16)10-3-2-4-13(5-10)27-17(18,19)20;3-2(4,5)1(6)7/h2-5,8,11-12,21H,6-7,9H2,1H3,(H,23,24);(H,6,7)/t11-,12+;/m1./s1. The zero-order chi connectivity index (χ0) is 25.5. The van der Waals surface area contributed by atoms with Gasteiger partial charge in [-0.3, -0.25) is 4.79 Å². The zero-order valence-electron chi connectivity index (χ0n) is 17.4. The fourth-order valence-electron chi connectivity index (χ4n) is 2.86. The largest absolute Gasteiger partial charge is 0.573 e. The van der Waals surface area contributed by atoms with Crippen LogP contribution in [0.2, 0.25) is 0 Å². The van der Waals surface area contributed by atoms with Crippen LogP contribution < -0.4 is 15.4 Å². The summed E-state index contributed by atoms with van der Waals surface area (Å²) in [4.78, 5) is 25.1. The molecule has 0 saturated carbocycles. The van der Waals surface area contributed by atoms with Gasteiger partial charge in [-0.2, -0.15) is 13.2 Å². The SMILES string of the molecule is COC[C@@H]1C[C@@H](NC(=O)c2ncc(-c3cccc(OC(F)(F)F)c3)o2)CN1.O=C(O)C(F)(F)F. The van der Waals surface area contributed by atoms with Crippen molar-refractivity contribution >= 4 is 11.9 Å². The molecule has 0 spiro atoms. The van der Waals surface area contributed by atoms with Crippen molar-refractivity contribution in [1.29, 1.82) is 0 Å². The Hall–Kier alpha value is -3.33. The Morgan fingerprint density at radius 1 is 1.26 bits per heavy atom. The summed E-state index contributed by atoms with van der Waals surface area (Å²) in [6, 6.07) is 5.32. The number of aromatic nitrogens is 1. The number of alkyl halides is 6. The first-order valence-corrected chi connectivity index (χ1v) is 9.43. The van der Waals surface area contributed by atoms with Gasteiger partial charge in [0.2, 0.25) is 0 Å². The van der Waals surface area contributed by atoms with Crippen LogP contribution in [0.5, 0.6) is 5.75 Å². The Balaban J connectivity index is 0.000000509. The van der Waals surface area contributed by atoms with Crippen LogP contribution in [0.15, 0.2) is 34.9 Å². The van der Waals surface area contributed by atoms with Gasteiger partial charge >= 0.3 is 24.4 Å². The summed E-state index contributed by atoms with van der Waals surface area (Å²) in [5.41, 5.74) is 0.311. The van der Waals surface area contributed by atoms with E-state index in [-0.39, 0.29) is 29.5 Å². The Kier molecular flexibility index (Phi) is 8.86. The quantitative estimate of drug-likeness (QED) is 0.519. The van der Waals surface area contributed by atoms with Crippen LogP contribution in [0.25, 0.3) is 11.3 Å². The van der Waals surface area contributed by atoms with Gasteiger partial charge in [0.15, 0.2) is 5.76 Å². The molecule has 3 rings (SSSR count). The number of carbonyl (C=O) groups excluding carboxylic acids is 1. The monoisotopic (exact) mass is 499 g/mol. The lowest BCUT2D eigenvalue weighted by Crippen LogP contribution is -2.36. The molecule has 3 N–H and O–H groups in total. The molecule has 2 atom stereocenters. The molecule has 1 amide bonds. The molecule has 0 radical (unpaired) electrons. The van der Waals surface area contributed by atoms with Gasteiger partial charge in [-0.1, -0.05) is 12.1 Å². The maximum Gasteiger partial charge on any atom is 0.573 e. The van der Waals surface area contributed by atoms with Crippen molar-refractivity contribution in [3.63, 3.8) is 0 Å². The summed E-state index contributed by atoms with van der Waals surface area (Å²) in [5, 5.41) is 13.2. The van der Waals surface area contributed by atoms with Crippen LogP contribution in [-0.4, -0.2) is 66.9 Å². The number of rotatable bonds is 6. The number of carboxylic acids is 1. The van der Waals surface area contributed by atoms with Gasteiger partial charge in [-0.25, -0.2) is 9.78 Å². The number of nitrogens with one attached hydrogen (secondary N) is 2. The lowest BCUT2D eigenvalue weighted by Gasteiger charge is -2.10. The van der Waals surface area contributed by atoms with E-state index in [0.29, 0.717) is 25.1 Å². The molecular formula is C19H19F6N3O6. The Morgan fingerprint density at radius 3 is 2.53 bits per heavy atom. The Bertz CT molecular complexity index is 978. The second kappa shape index (κ2) is 11.2. The van der Waals surface area contributed by atoms with Crippen molar-refractivity contribution in [2.24, 2.45) is 0 Å². The number of halogens is 6. The number of nitrogens with zero attached hydrogens (tertiary/aromatic N) is 1. The molecule has 1 saturated heterocycles. The van der Waals surface area contributed by atoms with E-state index < -0.39 is 24.4 Å². The third-order valence-corrected chi connectivity index (χ3v) is 4.22. The van der Waals surface area contributed by atoms with Gasteiger partial charge in [-0.05, 0) is 18.6 Å². The summed E-state index contributed by atoms with van der Waals surface area (Å²) >= 11 is 0. The highest BCUT2D eigenvalue weighted by atomic mass is 19.4. The molecule has 1 fully saturated rings. The summed E-state index contributed by atoms with van der Waals surface area (Å²) in [7, 11) is 1.61. The number of carbonyl (C=O) groups is 2. The van der Waals surface area contributed by atoms with Crippen LogP contribution in [-0.2, 0) is 9.53 Å². The maximum absolute atomic E-state index is 12.3. The first-order chi connectivity index (χ1) is 15.8. The molecule has 0 aliphatic carbocycles. The second-order valence-corrected chi connectivity index (χ2v) is 6.87. The number of benzene rings is 1. The lowest BCUT2D eigenvalue weighted by molar-refractivity contribution is -0.274. The van der Waals surface area contributed by atoms with Crippen LogP contribution in [0, 0.1) is 0 Å². The maximum atomic E-state index is 12.3. The second-order valence-electron chi connectivity index (χ2n) is 6.87. The van der Waals surface area contributed by atoms with E-state index in [2.05, 4.69) is 20.4 Å². The van der Waals surface area contributed by atoms with Gasteiger partial charge in [0.05, 0.1) is 12.8 Å². The molecule has 34 heavy (non-hydrogen) atoms. The summed E-state index contributed by atoms with van der Waals surface area (Å²) in [6.45, 7) is 1.15. The third kappa shape index (κ3) is 8.55. The molecule has 2 aromatic rings. The van der Waals surface area contributed by atoms with Crippen LogP contribution >= 0.6 is 0 Å². The molecule has 0 bridgehead atoms. The van der Waals surface area contributed by atoms with Gasteiger partial charge in [-0.15, -0.1) is 13.2 Å². The minimum absolute atomic E-state index is 0.0866. The first-order valence-electron chi connectivity index (χ1n) is 9.43. The number of carboxylic acid groups (broad SMARTS) is 1. The van der Waals surface area contributed by atoms with E-state index in [1.807, 2.05) is 0 Å². The van der Waals surface area contributed by atoms with Crippen LogP contribution in [0.1, 0.15) is 17.1 Å². The lowest BCUT2D eigenvalue weighted by atomic mass is 10.2. The minimum atomic E-state index is -5.08. The highest BCUT2D eigenvalue weighted by molar-refractivity contribution is 5.90. The summed E-state index contributed by atoms with van der Waals surface area (Å²) < 4.78 is 83.1. The van der Waals surface area contributed by atoms with E-state index in [0.717, 1.165) is 6.07 Å². The topological polar surface area (TPSA) is 123 Å². The van der Waals surface area contributed by atoms with Crippen LogP contribution in [0.3, 0.4) is 0 Å². The van der Waals surface area contributed by atoms with Gasteiger partial charge in [0.25, 0.3) is 5.89 Å². The van der Waals surface area contributed by atoms with E-state index >= 15 is 0 Å². The summed E-state index contributed by atoms with van der Waals surface area (Å²) in [6.07, 6.45) is -7.88. The normalized spacial score (nSPS) is 18.1. The van der Waals surface area contributed by atoms with E-state index in [1.165, 1.54) is 24.4 Å². The van der Waals surface area contributed by atoms with Crippen LogP contribution in [0.4, 0.5) is 26.3 Å². The highest BCUT2D eigenvalue weighted by Gasteiger charge is 2.38. The molecule has 1 aliphatic heterocycles. The Morgan fingerprint density at radius 2 is 1.94 bits per heavy atom. The predicted molar refractivity (Wildman–Crippen MR) is 102 cm³/mol. The number of ether oxygens (including phenoxy) is 2. The Labute approximate surface area is 188 Å². The van der Waals surface area contributed by atoms with Gasteiger partial charge in [0, 0.05) is 31.3 Å². The average molecular weight is 499 g/mol. The number of methoxy groups -OCH3 is 1. The predicted octanol–water partition coefficient (Wildman–Crippen LogP) is 2.98. The molecule has 1 aromatic carbocycles. The smallest absolute Gasteiger partial charge is 0.475 e. The van der Waals surface area contributed by atoms with Crippen molar-refractivity contribution in [2.45, 2.75) is 31.0 Å². The number of aliphatic carboxylic acids is 1. The molecule has 1 aromatic heterocycles. The van der Waals surface area contributed by atoms with Crippen molar-refractivity contribution in [2.75, 3.05) is 20.3 Å². The van der Waals surface area contributed by atoms with Crippen molar-refractivity contribution in [3.8, 4) is 17.1 Å². The number of hydrogen-bond donors (Lipinski definition) is 3. The molecule has 2 heterocycles. The highest BCUT2D eigenvalue weighted by Crippen LogP contribution is 2.28. The number of amides is 1. The van der Waals surface area contributed by atoms with Crippen molar-refractivity contribution in [3.05, 3.63) is 36.4 Å². The fraction of sp³-hybridized carbons (Fsp3) is 0.421. The van der Waals surface area contributed by atoms with Gasteiger partial charge in [0.1, 0.15) is 5.75 Å². The molecule has 188 valence electrons. The van der Waals surface area contributed by atoms with Gasteiger partial charge < -0.3 is 29.6 Å². The molecule has 0 unspecified atom stereocenters. The molecule has 9 nitrogen and oxygen atoms in total. The van der Waals surface area contributed by atoms with E-state index in [9.17, 15) is 31.1 Å². The van der Waals surface area contributed by atoms with E-state index in [4.69, 9.17) is 19.1 Å². The summed E-state index contributed by atoms with van der Waals surface area (Å²) in [5.74, 6) is -3.64. The van der Waals surface area contributed by atoms with Crippen molar-refractivity contribution in [1.82, 2.24) is 15.6 Å². The zero-order valence-corrected chi connectivity index (χ0v) is 17.4. The molecular weight excluding hydrogens is 480 g/mol. The first kappa shape index (κ1) is 26.9. The molecule has 1 aliphatic rings.